The zero-order chi connectivity index (χ0) is 14.5. The first-order valence-corrected chi connectivity index (χ1v) is 7.65. The summed E-state index contributed by atoms with van der Waals surface area (Å²) in [6, 6.07) is 7.20. The molecule has 2 atom stereocenters. The molecule has 1 aliphatic rings. The fourth-order valence-corrected chi connectivity index (χ4v) is 3.25. The number of nitriles is 1. The van der Waals surface area contributed by atoms with Gasteiger partial charge in [0.05, 0.1) is 5.56 Å². The van der Waals surface area contributed by atoms with Gasteiger partial charge < -0.3 is 4.74 Å². The highest BCUT2D eigenvalue weighted by atomic mass is 35.5. The number of hydrogen-bond acceptors (Lipinski definition) is 5. The Balaban J connectivity index is 2.19. The van der Waals surface area contributed by atoms with Gasteiger partial charge in [-0.3, -0.25) is 5.01 Å². The zero-order valence-electron chi connectivity index (χ0n) is 11.3. The van der Waals surface area contributed by atoms with Gasteiger partial charge in [0, 0.05) is 24.3 Å². The lowest BCUT2D eigenvalue weighted by atomic mass is 10.2. The molecule has 0 aromatic heterocycles. The van der Waals surface area contributed by atoms with Crippen LogP contribution in [-0.2, 0) is 0 Å². The zero-order valence-corrected chi connectivity index (χ0v) is 12.9. The Hall–Kier alpha value is -1.35. The van der Waals surface area contributed by atoms with E-state index in [9.17, 15) is 0 Å². The number of thioether (sulfide) groups is 1. The maximum Gasteiger partial charge on any atom is 0.139 e. The van der Waals surface area contributed by atoms with Crippen molar-refractivity contribution in [1.82, 2.24) is 10.4 Å². The van der Waals surface area contributed by atoms with E-state index in [0.717, 1.165) is 6.42 Å². The summed E-state index contributed by atoms with van der Waals surface area (Å²) in [7, 11) is 1.87. The number of halogens is 1. The van der Waals surface area contributed by atoms with Gasteiger partial charge in [0.25, 0.3) is 0 Å². The van der Waals surface area contributed by atoms with Crippen LogP contribution < -0.4 is 10.2 Å². The molecule has 1 N–H and O–H groups in total. The van der Waals surface area contributed by atoms with E-state index in [1.165, 1.54) is 0 Å². The number of rotatable bonds is 5. The van der Waals surface area contributed by atoms with Crippen LogP contribution >= 0.6 is 23.4 Å². The Bertz CT molecular complexity index is 544. The average Bonchev–Trinajstić information content (AvgIpc) is 2.93. The van der Waals surface area contributed by atoms with E-state index in [2.05, 4.69) is 18.4 Å². The molecule has 6 heteroatoms. The van der Waals surface area contributed by atoms with Crippen molar-refractivity contribution in [2.75, 3.05) is 7.05 Å². The summed E-state index contributed by atoms with van der Waals surface area (Å²) in [5.74, 6) is 0.537. The number of nitrogens with zero attached hydrogens (tertiary/aromatic N) is 2. The van der Waals surface area contributed by atoms with E-state index in [4.69, 9.17) is 21.6 Å². The molecule has 0 saturated heterocycles. The van der Waals surface area contributed by atoms with Crippen LogP contribution in [0.15, 0.2) is 29.8 Å². The molecule has 2 rings (SSSR count). The van der Waals surface area contributed by atoms with Crippen molar-refractivity contribution < 1.29 is 4.74 Å². The molecule has 1 aliphatic heterocycles. The number of hydrazine groups is 1. The lowest BCUT2D eigenvalue weighted by molar-refractivity contribution is 0.119. The fraction of sp³-hybridized carbons (Fsp3) is 0.357. The van der Waals surface area contributed by atoms with Gasteiger partial charge in [-0.05, 0) is 24.0 Å². The largest absolute Gasteiger partial charge is 0.486 e. The average molecular weight is 310 g/mol. The molecular weight excluding hydrogens is 294 g/mol. The highest BCUT2D eigenvalue weighted by molar-refractivity contribution is 8.02. The summed E-state index contributed by atoms with van der Waals surface area (Å²) >= 11 is 7.67. The van der Waals surface area contributed by atoms with Crippen LogP contribution in [0.1, 0.15) is 18.9 Å². The van der Waals surface area contributed by atoms with E-state index in [1.54, 1.807) is 30.0 Å². The second-order valence-electron chi connectivity index (χ2n) is 4.26. The second-order valence-corrected chi connectivity index (χ2v) is 5.72. The summed E-state index contributed by atoms with van der Waals surface area (Å²) in [4.78, 5) is 0. The van der Waals surface area contributed by atoms with Gasteiger partial charge in [0.15, 0.2) is 0 Å². The Morgan fingerprint density at radius 2 is 2.40 bits per heavy atom. The van der Waals surface area contributed by atoms with Crippen molar-refractivity contribution in [3.8, 4) is 11.8 Å². The van der Waals surface area contributed by atoms with E-state index in [-0.39, 0.29) is 11.5 Å². The third-order valence-corrected chi connectivity index (χ3v) is 4.36. The van der Waals surface area contributed by atoms with E-state index < -0.39 is 0 Å². The molecule has 20 heavy (non-hydrogen) atoms. The normalized spacial score (nSPS) is 18.9. The van der Waals surface area contributed by atoms with E-state index in [0.29, 0.717) is 16.3 Å². The third-order valence-electron chi connectivity index (χ3n) is 3.03. The van der Waals surface area contributed by atoms with Crippen LogP contribution in [0.4, 0.5) is 0 Å². The van der Waals surface area contributed by atoms with Crippen LogP contribution in [0, 0.1) is 11.3 Å². The molecule has 0 spiro atoms. The first-order chi connectivity index (χ1) is 9.69. The lowest BCUT2D eigenvalue weighted by Crippen LogP contribution is -2.44. The van der Waals surface area contributed by atoms with Gasteiger partial charge in [0.2, 0.25) is 0 Å². The molecule has 0 fully saturated rings. The van der Waals surface area contributed by atoms with Crippen molar-refractivity contribution in [2.24, 2.45) is 0 Å². The van der Waals surface area contributed by atoms with Gasteiger partial charge in [0.1, 0.15) is 23.3 Å². The monoisotopic (exact) mass is 309 g/mol. The second kappa shape index (κ2) is 6.89. The molecule has 0 bridgehead atoms. The minimum Gasteiger partial charge on any atom is -0.486 e. The van der Waals surface area contributed by atoms with Crippen molar-refractivity contribution in [3.05, 3.63) is 40.4 Å². The summed E-state index contributed by atoms with van der Waals surface area (Å²) in [5, 5.41) is 13.9. The minimum absolute atomic E-state index is 0.0481. The topological polar surface area (TPSA) is 48.3 Å². The number of nitrogens with one attached hydrogen (secondary N) is 1. The molecule has 0 radical (unpaired) electrons. The van der Waals surface area contributed by atoms with E-state index >= 15 is 0 Å². The van der Waals surface area contributed by atoms with Gasteiger partial charge in [-0.2, -0.15) is 5.26 Å². The first kappa shape index (κ1) is 15.0. The van der Waals surface area contributed by atoms with Crippen molar-refractivity contribution in [1.29, 1.82) is 5.26 Å². The predicted octanol–water partition coefficient (Wildman–Crippen LogP) is 3.35. The molecule has 0 saturated carbocycles. The van der Waals surface area contributed by atoms with E-state index in [1.807, 2.05) is 23.7 Å². The molecule has 4 nitrogen and oxygen atoms in total. The van der Waals surface area contributed by atoms with Gasteiger partial charge in [-0.1, -0.05) is 18.5 Å². The molecule has 0 aliphatic carbocycles. The number of ether oxygens (including phenoxy) is 1. The Morgan fingerprint density at radius 3 is 3.05 bits per heavy atom. The Kier molecular flexibility index (Phi) is 5.18. The quantitative estimate of drug-likeness (QED) is 0.904. The van der Waals surface area contributed by atoms with Crippen LogP contribution in [0.2, 0.25) is 5.02 Å². The highest BCUT2D eigenvalue weighted by Gasteiger charge is 2.29. The van der Waals surface area contributed by atoms with Crippen molar-refractivity contribution >= 4 is 23.4 Å². The molecule has 2 unspecified atom stereocenters. The molecule has 0 amide bonds. The van der Waals surface area contributed by atoms with Crippen LogP contribution in [-0.4, -0.2) is 23.5 Å². The highest BCUT2D eigenvalue weighted by Crippen LogP contribution is 2.31. The van der Waals surface area contributed by atoms with Gasteiger partial charge in [-0.15, -0.1) is 11.8 Å². The molecular formula is C14H16ClN3OS. The number of hydrogen-bond donors (Lipinski definition) is 1. The maximum absolute atomic E-state index is 9.15. The standard InChI is InChI=1S/C14H16ClN3OS/c1-3-12(14-18(17-2)6-7-20-14)19-13-8-11(15)5-4-10(13)9-16/h4-8,12,14,17H,3H2,1-2H3. The van der Waals surface area contributed by atoms with Crippen LogP contribution in [0.25, 0.3) is 0 Å². The summed E-state index contributed by atoms with van der Waals surface area (Å²) < 4.78 is 6.03. The molecule has 1 aromatic rings. The predicted molar refractivity (Wildman–Crippen MR) is 82.3 cm³/mol. The summed E-state index contributed by atoms with van der Waals surface area (Å²) in [5.41, 5.74) is 3.61. The smallest absolute Gasteiger partial charge is 0.139 e. The molecule has 1 heterocycles. The third kappa shape index (κ3) is 3.21. The van der Waals surface area contributed by atoms with Crippen LogP contribution in [0.5, 0.6) is 5.75 Å². The van der Waals surface area contributed by atoms with Crippen molar-refractivity contribution in [2.45, 2.75) is 24.8 Å². The Labute approximate surface area is 128 Å². The number of benzene rings is 1. The molecule has 1 aromatic carbocycles. The van der Waals surface area contributed by atoms with Crippen molar-refractivity contribution in [3.63, 3.8) is 0 Å². The van der Waals surface area contributed by atoms with Gasteiger partial charge in [-0.25, -0.2) is 5.43 Å². The summed E-state index contributed by atoms with van der Waals surface area (Å²) in [6.45, 7) is 2.06. The SMILES string of the molecule is CCC(Oc1cc(Cl)ccc1C#N)C1SC=CN1NC. The Morgan fingerprint density at radius 1 is 1.60 bits per heavy atom. The first-order valence-electron chi connectivity index (χ1n) is 6.33. The molecule has 106 valence electrons. The van der Waals surface area contributed by atoms with Crippen LogP contribution in [0.3, 0.4) is 0 Å². The summed E-state index contributed by atoms with van der Waals surface area (Å²) in [6.07, 6.45) is 2.76. The van der Waals surface area contributed by atoms with Gasteiger partial charge >= 0.3 is 0 Å². The lowest BCUT2D eigenvalue weighted by Gasteiger charge is -2.30. The maximum atomic E-state index is 9.15. The fourth-order valence-electron chi connectivity index (χ4n) is 1.99. The minimum atomic E-state index is -0.0481.